The molecule has 0 saturated heterocycles. The quantitative estimate of drug-likeness (QED) is 0.266. The Morgan fingerprint density at radius 1 is 0.400 bits per heavy atom. The maximum absolute atomic E-state index is 0. The Balaban J connectivity index is 0. The van der Waals surface area contributed by atoms with E-state index in [1.54, 1.807) is 0 Å². The molecule has 0 unspecified atom stereocenters. The second kappa shape index (κ2) is 465000. The van der Waals surface area contributed by atoms with Crippen LogP contribution in [0.3, 0.4) is 0 Å². The van der Waals surface area contributed by atoms with Crippen LogP contribution in [0.15, 0.2) is 0 Å². The first kappa shape index (κ1) is 1030000. The van der Waals surface area contributed by atoms with Crippen molar-refractivity contribution in [2.75, 3.05) is 0 Å². The van der Waals surface area contributed by atoms with E-state index >= 15 is 0 Å². The summed E-state index contributed by atoms with van der Waals surface area (Å²) in [5, 5.41) is 0. The molecule has 0 atom stereocenters. The molecule has 5 heteroatoms. The molecule has 0 aromatic heterocycles. The van der Waals surface area contributed by atoms with Crippen molar-refractivity contribution in [2.45, 2.75) is 0 Å². The third-order valence-electron chi connectivity index (χ3n) is 0. The van der Waals surface area contributed by atoms with Crippen molar-refractivity contribution in [3.05, 3.63) is 0 Å². The van der Waals surface area contributed by atoms with E-state index in [9.17, 15) is 0 Å². The molecule has 8 N–H and O–H groups in total. The van der Waals surface area contributed by atoms with Gasteiger partial charge >= 0.3 is 10.1 Å². The van der Waals surface area contributed by atoms with Gasteiger partial charge in [0.05, 0.1) is 0 Å². The van der Waals surface area contributed by atoms with Crippen LogP contribution in [-0.2, 0) is 0 Å². The molecule has 5 heavy (non-hydrogen) atoms. The first-order valence-corrected chi connectivity index (χ1v) is 0. The normalized spacial score (nSPS) is 0. The standard InChI is InChI=1S/Be.4H2O/h;4*1H2/q+2;;;;. The van der Waals surface area contributed by atoms with Gasteiger partial charge in [0.1, 0.15) is 0 Å². The minimum Gasteiger partial charge on any atom is -0.412 e. The van der Waals surface area contributed by atoms with Crippen LogP contribution < -0.4 is 0 Å². The fourth-order valence-electron chi connectivity index (χ4n) is 0. The van der Waals surface area contributed by atoms with Crippen LogP contribution in [0.25, 0.3) is 0 Å². The van der Waals surface area contributed by atoms with Crippen molar-refractivity contribution in [1.82, 2.24) is 0 Å². The van der Waals surface area contributed by atoms with Gasteiger partial charge in [-0.15, -0.1) is 0 Å². The molecule has 0 rings (SSSR count). The van der Waals surface area contributed by atoms with Gasteiger partial charge in [-0.2, -0.15) is 0 Å². The van der Waals surface area contributed by atoms with Crippen molar-refractivity contribution in [3.63, 3.8) is 0 Å². The summed E-state index contributed by atoms with van der Waals surface area (Å²) < 4.78 is 0. The van der Waals surface area contributed by atoms with Crippen LogP contribution in [0.1, 0.15) is 0 Å². The zero-order chi connectivity index (χ0) is 0. The third kappa shape index (κ3) is 207000. The molecule has 0 bridgehead atoms. The van der Waals surface area contributed by atoms with Gasteiger partial charge < -0.3 is 21.9 Å². The largest absolute Gasteiger partial charge is 2.00 e. The maximum Gasteiger partial charge on any atom is 2.00 e. The number of hydrogen-bond acceptors (Lipinski definition) is 0. The van der Waals surface area contributed by atoms with Crippen LogP contribution in [0.4, 0.5) is 0 Å². The zero-order valence-electron chi connectivity index (χ0n) is 2.71. The molecular formula is H8BeO4+2. The van der Waals surface area contributed by atoms with Crippen LogP contribution in [0.2, 0.25) is 0 Å². The molecule has 0 aliphatic heterocycles. The number of hydrogen-bond donors (Lipinski definition) is 0. The monoisotopic (exact) mass is 81.1 g/mol. The summed E-state index contributed by atoms with van der Waals surface area (Å²) in [7, 11) is 0. The molecule has 0 fully saturated rings. The Kier molecular flexibility index (Phi) is 96100000000. The van der Waals surface area contributed by atoms with Gasteiger partial charge in [0, 0.05) is 0 Å². The molecule has 0 aromatic carbocycles. The van der Waals surface area contributed by atoms with Gasteiger partial charge in [-0.05, 0) is 0 Å². The first-order chi connectivity index (χ1) is 0. The van der Waals surface area contributed by atoms with E-state index in [4.69, 9.17) is 0 Å². The van der Waals surface area contributed by atoms with Crippen LogP contribution >= 0.6 is 0 Å². The molecular weight excluding hydrogens is 73.0 g/mol. The SMILES string of the molecule is O.O.O.O.[Be+2]. The molecule has 0 saturated carbocycles. The van der Waals surface area contributed by atoms with E-state index in [-0.39, 0.29) is 32.0 Å². The van der Waals surface area contributed by atoms with Crippen molar-refractivity contribution in [3.8, 4) is 0 Å². The van der Waals surface area contributed by atoms with E-state index in [1.807, 2.05) is 0 Å². The van der Waals surface area contributed by atoms with Crippen LogP contribution in [0.5, 0.6) is 0 Å². The summed E-state index contributed by atoms with van der Waals surface area (Å²) in [6, 6.07) is 0. The Morgan fingerprint density at radius 3 is 0.400 bits per heavy atom. The van der Waals surface area contributed by atoms with Crippen molar-refractivity contribution in [2.24, 2.45) is 0 Å². The van der Waals surface area contributed by atoms with Crippen LogP contribution in [0, 0.1) is 0 Å². The topological polar surface area (TPSA) is 126 Å². The van der Waals surface area contributed by atoms with Gasteiger partial charge in [-0.25, -0.2) is 0 Å². The summed E-state index contributed by atoms with van der Waals surface area (Å²) in [4.78, 5) is 0. The van der Waals surface area contributed by atoms with E-state index < -0.39 is 0 Å². The fourth-order valence-corrected chi connectivity index (χ4v) is 0. The predicted octanol–water partition coefficient (Wildman–Crippen LogP) is -3.68. The van der Waals surface area contributed by atoms with E-state index in [0.717, 1.165) is 0 Å². The summed E-state index contributed by atoms with van der Waals surface area (Å²) in [6.07, 6.45) is 0. The Bertz CT molecular complexity index is 3.61. The molecule has 0 spiro atoms. The minimum atomic E-state index is 0. The van der Waals surface area contributed by atoms with E-state index in [0.29, 0.717) is 0 Å². The van der Waals surface area contributed by atoms with Gasteiger partial charge in [0.2, 0.25) is 0 Å². The Hall–Kier alpha value is 0.00883. The third-order valence-corrected chi connectivity index (χ3v) is 0. The summed E-state index contributed by atoms with van der Waals surface area (Å²) in [5.74, 6) is 0. The molecule has 0 aliphatic carbocycles. The van der Waals surface area contributed by atoms with Crippen LogP contribution in [-0.4, -0.2) is 32.0 Å². The first-order valence-electron chi connectivity index (χ1n) is 0. The minimum absolute atomic E-state index is 0. The predicted molar refractivity (Wildman–Crippen MR) is 20.2 cm³/mol. The van der Waals surface area contributed by atoms with Gasteiger partial charge in [-0.1, -0.05) is 0 Å². The van der Waals surface area contributed by atoms with Gasteiger partial charge in [-0.3, -0.25) is 0 Å². The second-order valence-corrected chi connectivity index (χ2v) is 0. The average molecular weight is 81.1 g/mol. The Morgan fingerprint density at radius 2 is 0.400 bits per heavy atom. The van der Waals surface area contributed by atoms with Crippen molar-refractivity contribution < 1.29 is 21.9 Å². The molecule has 0 aliphatic rings. The molecule has 0 heterocycles. The van der Waals surface area contributed by atoms with Gasteiger partial charge in [0.15, 0.2) is 0 Å². The summed E-state index contributed by atoms with van der Waals surface area (Å²) in [5.41, 5.74) is 0. The average Bonchev–Trinajstić information content (AvgIpc) is 0. The summed E-state index contributed by atoms with van der Waals surface area (Å²) in [6.45, 7) is 0. The molecule has 4 nitrogen and oxygen atoms in total. The molecule has 32 valence electrons. The summed E-state index contributed by atoms with van der Waals surface area (Å²) >= 11 is 0. The van der Waals surface area contributed by atoms with E-state index in [1.165, 1.54) is 0 Å². The van der Waals surface area contributed by atoms with Crippen molar-refractivity contribution in [1.29, 1.82) is 0 Å². The molecule has 0 aromatic rings. The van der Waals surface area contributed by atoms with E-state index in [2.05, 4.69) is 0 Å². The second-order valence-electron chi connectivity index (χ2n) is 0. The molecule has 0 radical (unpaired) electrons. The smallest absolute Gasteiger partial charge is 0.412 e. The fraction of sp³-hybridized carbons (Fsp3) is 0. The number of rotatable bonds is 0. The Labute approximate surface area is 33.3 Å². The van der Waals surface area contributed by atoms with Gasteiger partial charge in [0.25, 0.3) is 0 Å². The molecule has 0 amide bonds. The van der Waals surface area contributed by atoms with Crippen molar-refractivity contribution >= 4 is 10.1 Å². The zero-order valence-corrected chi connectivity index (χ0v) is 2.71. The maximum atomic E-state index is 0.